The van der Waals surface area contributed by atoms with E-state index < -0.39 is 4.92 Å². The van der Waals surface area contributed by atoms with E-state index in [-0.39, 0.29) is 16.1 Å². The van der Waals surface area contributed by atoms with Crippen molar-refractivity contribution in [3.05, 3.63) is 67.2 Å². The van der Waals surface area contributed by atoms with Crippen molar-refractivity contribution in [3.63, 3.8) is 0 Å². The van der Waals surface area contributed by atoms with Gasteiger partial charge in [0.1, 0.15) is 22.6 Å². The molecule has 0 bridgehead atoms. The van der Waals surface area contributed by atoms with Gasteiger partial charge in [-0.05, 0) is 60.4 Å². The second kappa shape index (κ2) is 8.53. The Balaban J connectivity index is 1.61. The predicted molar refractivity (Wildman–Crippen MR) is 127 cm³/mol. The third-order valence-corrected chi connectivity index (χ3v) is 7.34. The van der Waals surface area contributed by atoms with Gasteiger partial charge in [-0.15, -0.1) is 11.3 Å². The Morgan fingerprint density at radius 1 is 1.34 bits per heavy atom. The summed E-state index contributed by atoms with van der Waals surface area (Å²) in [6.45, 7) is 6.79. The maximum atomic E-state index is 11.4. The molecule has 0 amide bonds. The first-order valence-corrected chi connectivity index (χ1v) is 11.5. The SMILES string of the molecule is CC(C)(C)[C@H]1CCc2c(sc(N=Cc3ccc(-c4ccc(Cl)cc4[N+](=O)[O-])o3)c2C#N)C1. The first-order valence-electron chi connectivity index (χ1n) is 10.3. The van der Waals surface area contributed by atoms with Gasteiger partial charge in [0.25, 0.3) is 5.69 Å². The molecule has 32 heavy (non-hydrogen) atoms. The Morgan fingerprint density at radius 3 is 2.81 bits per heavy atom. The van der Waals surface area contributed by atoms with E-state index in [4.69, 9.17) is 16.0 Å². The van der Waals surface area contributed by atoms with E-state index in [0.717, 1.165) is 24.8 Å². The van der Waals surface area contributed by atoms with Crippen molar-refractivity contribution < 1.29 is 9.34 Å². The average Bonchev–Trinajstić information content (AvgIpc) is 3.34. The summed E-state index contributed by atoms with van der Waals surface area (Å²) >= 11 is 7.47. The first-order chi connectivity index (χ1) is 15.2. The number of rotatable bonds is 4. The van der Waals surface area contributed by atoms with Gasteiger partial charge >= 0.3 is 0 Å². The zero-order chi connectivity index (χ0) is 23.0. The van der Waals surface area contributed by atoms with E-state index in [1.807, 2.05) is 0 Å². The molecule has 8 heteroatoms. The standard InChI is InChI=1S/C24H22ClN3O3S/c1-24(2,3)14-4-7-17-19(12-26)23(32-22(17)10-14)27-13-16-6-9-21(31-16)18-8-5-15(25)11-20(18)28(29)30/h5-6,8-9,11,13-14H,4,7,10H2,1-3H3/t14-/m0/s1. The molecule has 0 spiro atoms. The lowest BCUT2D eigenvalue weighted by atomic mass is 9.72. The van der Waals surface area contributed by atoms with E-state index in [1.165, 1.54) is 10.9 Å². The van der Waals surface area contributed by atoms with Crippen molar-refractivity contribution in [2.75, 3.05) is 0 Å². The van der Waals surface area contributed by atoms with Crippen molar-refractivity contribution >= 4 is 39.8 Å². The second-order valence-corrected chi connectivity index (χ2v) is 10.5. The van der Waals surface area contributed by atoms with Crippen LogP contribution in [0.15, 0.2) is 39.7 Å². The number of nitro groups is 1. The molecule has 2 aromatic heterocycles. The number of benzene rings is 1. The van der Waals surface area contributed by atoms with Crippen LogP contribution in [0.2, 0.25) is 5.02 Å². The number of nitrogens with zero attached hydrogens (tertiary/aromatic N) is 3. The zero-order valence-electron chi connectivity index (χ0n) is 18.0. The highest BCUT2D eigenvalue weighted by Gasteiger charge is 2.32. The molecule has 1 aromatic carbocycles. The van der Waals surface area contributed by atoms with Crippen molar-refractivity contribution in [3.8, 4) is 17.4 Å². The summed E-state index contributed by atoms with van der Waals surface area (Å²) in [5.74, 6) is 1.39. The Hall–Kier alpha value is -2.95. The fraction of sp³-hybridized carbons (Fsp3) is 0.333. The summed E-state index contributed by atoms with van der Waals surface area (Å²) < 4.78 is 5.78. The van der Waals surface area contributed by atoms with E-state index in [9.17, 15) is 15.4 Å². The minimum atomic E-state index is -0.488. The number of aliphatic imine (C=N–C) groups is 1. The number of nitriles is 1. The Kier molecular flexibility index (Phi) is 5.93. The van der Waals surface area contributed by atoms with Crippen LogP contribution in [0, 0.1) is 32.8 Å². The third-order valence-electron chi connectivity index (χ3n) is 5.94. The van der Waals surface area contributed by atoms with Gasteiger partial charge in [0.15, 0.2) is 0 Å². The molecule has 0 fully saturated rings. The van der Waals surface area contributed by atoms with Crippen molar-refractivity contribution in [2.24, 2.45) is 16.3 Å². The molecule has 0 radical (unpaired) electrons. The van der Waals surface area contributed by atoms with Gasteiger partial charge in [0, 0.05) is 16.0 Å². The highest BCUT2D eigenvalue weighted by Crippen LogP contribution is 2.45. The second-order valence-electron chi connectivity index (χ2n) is 8.98. The molecule has 0 N–H and O–H groups in total. The first kappa shape index (κ1) is 22.3. The minimum absolute atomic E-state index is 0.124. The Morgan fingerprint density at radius 2 is 2.12 bits per heavy atom. The molecular formula is C24H22ClN3O3S. The quantitative estimate of drug-likeness (QED) is 0.228. The number of halogens is 1. The van der Waals surface area contributed by atoms with Crippen LogP contribution in [0.4, 0.5) is 10.7 Å². The van der Waals surface area contributed by atoms with Crippen LogP contribution >= 0.6 is 22.9 Å². The van der Waals surface area contributed by atoms with Crippen molar-refractivity contribution in [1.82, 2.24) is 0 Å². The van der Waals surface area contributed by atoms with Crippen molar-refractivity contribution in [1.29, 1.82) is 5.26 Å². The van der Waals surface area contributed by atoms with E-state index in [0.29, 0.717) is 33.6 Å². The summed E-state index contributed by atoms with van der Waals surface area (Å²) in [6, 6.07) is 10.1. The van der Waals surface area contributed by atoms with Gasteiger partial charge in [-0.3, -0.25) is 10.1 Å². The van der Waals surface area contributed by atoms with Crippen LogP contribution in [0.5, 0.6) is 0 Å². The molecule has 1 aliphatic rings. The zero-order valence-corrected chi connectivity index (χ0v) is 19.6. The van der Waals surface area contributed by atoms with Crippen LogP contribution in [0.25, 0.3) is 11.3 Å². The van der Waals surface area contributed by atoms with Gasteiger partial charge in [0.2, 0.25) is 0 Å². The van der Waals surface area contributed by atoms with Gasteiger partial charge in [-0.25, -0.2) is 4.99 Å². The van der Waals surface area contributed by atoms with Crippen molar-refractivity contribution in [2.45, 2.75) is 40.0 Å². The van der Waals surface area contributed by atoms with E-state index in [1.54, 1.807) is 41.8 Å². The summed E-state index contributed by atoms with van der Waals surface area (Å²) in [4.78, 5) is 16.7. The molecule has 1 aliphatic carbocycles. The number of hydrogen-bond acceptors (Lipinski definition) is 6. The fourth-order valence-corrected chi connectivity index (χ4v) is 5.46. The third kappa shape index (κ3) is 4.34. The molecule has 6 nitrogen and oxygen atoms in total. The molecule has 3 aromatic rings. The summed E-state index contributed by atoms with van der Waals surface area (Å²) in [7, 11) is 0. The number of fused-ring (bicyclic) bond motifs is 1. The molecule has 0 saturated heterocycles. The van der Waals surface area contributed by atoms with E-state index in [2.05, 4.69) is 31.8 Å². The Labute approximate surface area is 195 Å². The maximum absolute atomic E-state index is 11.4. The normalized spacial score (nSPS) is 16.2. The largest absolute Gasteiger partial charge is 0.455 e. The van der Waals surface area contributed by atoms with E-state index >= 15 is 0 Å². The molecule has 1 atom stereocenters. The topological polar surface area (TPSA) is 92.4 Å². The van der Waals surface area contributed by atoms with Crippen LogP contribution in [0.1, 0.15) is 49.0 Å². The molecule has 2 heterocycles. The number of furan rings is 1. The smallest absolute Gasteiger partial charge is 0.281 e. The highest BCUT2D eigenvalue weighted by molar-refractivity contribution is 7.16. The molecular weight excluding hydrogens is 446 g/mol. The summed E-state index contributed by atoms with van der Waals surface area (Å²) in [5, 5.41) is 22.1. The lowest BCUT2D eigenvalue weighted by molar-refractivity contribution is -0.384. The highest BCUT2D eigenvalue weighted by atomic mass is 35.5. The molecule has 0 aliphatic heterocycles. The lowest BCUT2D eigenvalue weighted by Gasteiger charge is -2.33. The van der Waals surface area contributed by atoms with Crippen LogP contribution in [-0.2, 0) is 12.8 Å². The predicted octanol–water partition coefficient (Wildman–Crippen LogP) is 7.34. The maximum Gasteiger partial charge on any atom is 0.281 e. The molecule has 4 rings (SSSR count). The molecule has 0 saturated carbocycles. The van der Waals surface area contributed by atoms with Crippen LogP contribution in [0.3, 0.4) is 0 Å². The number of nitro benzene ring substituents is 1. The van der Waals surface area contributed by atoms with Crippen LogP contribution < -0.4 is 0 Å². The minimum Gasteiger partial charge on any atom is -0.455 e. The fourth-order valence-electron chi connectivity index (χ4n) is 4.07. The number of hydrogen-bond donors (Lipinski definition) is 0. The van der Waals surface area contributed by atoms with Gasteiger partial charge < -0.3 is 4.42 Å². The van der Waals surface area contributed by atoms with Crippen LogP contribution in [-0.4, -0.2) is 11.1 Å². The summed E-state index contributed by atoms with van der Waals surface area (Å²) in [6.07, 6.45) is 4.51. The van der Waals surface area contributed by atoms with Gasteiger partial charge in [-0.2, -0.15) is 5.26 Å². The van der Waals surface area contributed by atoms with Gasteiger partial charge in [0.05, 0.1) is 22.3 Å². The number of thiophene rings is 1. The molecule has 0 unspecified atom stereocenters. The monoisotopic (exact) mass is 467 g/mol. The molecule has 164 valence electrons. The Bertz CT molecular complexity index is 1260. The lowest BCUT2D eigenvalue weighted by Crippen LogP contribution is -2.26. The van der Waals surface area contributed by atoms with Gasteiger partial charge in [-0.1, -0.05) is 32.4 Å². The average molecular weight is 468 g/mol. The summed E-state index contributed by atoms with van der Waals surface area (Å²) in [5.41, 5.74) is 2.22.